The number of thioether (sulfide) groups is 2. The van der Waals surface area contributed by atoms with Crippen LogP contribution in [0, 0.1) is 18.3 Å². The summed E-state index contributed by atoms with van der Waals surface area (Å²) < 4.78 is 1.28. The van der Waals surface area contributed by atoms with Gasteiger partial charge in [-0.2, -0.15) is 0 Å². The van der Waals surface area contributed by atoms with Gasteiger partial charge in [0.2, 0.25) is 0 Å². The zero-order valence-electron chi connectivity index (χ0n) is 17.2. The van der Waals surface area contributed by atoms with E-state index in [1.54, 1.807) is 0 Å². The topological polar surface area (TPSA) is 27.1 Å². The van der Waals surface area contributed by atoms with Gasteiger partial charge in [-0.3, -0.25) is 5.41 Å². The van der Waals surface area contributed by atoms with Crippen molar-refractivity contribution in [2.24, 2.45) is 5.92 Å². The van der Waals surface area contributed by atoms with Crippen molar-refractivity contribution in [3.8, 4) is 0 Å². The Labute approximate surface area is 177 Å². The van der Waals surface area contributed by atoms with Crippen molar-refractivity contribution in [3.63, 3.8) is 0 Å². The van der Waals surface area contributed by atoms with E-state index in [1.807, 2.05) is 23.5 Å². The number of anilines is 1. The molecule has 0 unspecified atom stereocenters. The second-order valence-electron chi connectivity index (χ2n) is 8.27. The molecule has 1 N–H and O–H groups in total. The molecule has 0 atom stereocenters. The number of amidine groups is 1. The molecule has 2 aliphatic heterocycles. The molecule has 144 valence electrons. The Morgan fingerprint density at radius 2 is 1.74 bits per heavy atom. The molecule has 0 saturated heterocycles. The van der Waals surface area contributed by atoms with E-state index < -0.39 is 5.54 Å². The molecule has 27 heavy (non-hydrogen) atoms. The number of hydrogen-bond donors (Lipinski definition) is 1. The molecule has 3 rings (SSSR count). The lowest BCUT2D eigenvalue weighted by Crippen LogP contribution is -2.56. The number of thiocarbonyl (C=S) groups is 1. The first-order valence-electron chi connectivity index (χ1n) is 9.35. The number of rotatable bonds is 2. The Balaban J connectivity index is 2.23. The summed E-state index contributed by atoms with van der Waals surface area (Å²) in [4.78, 5) is 5.80. The normalized spacial score (nSPS) is 19.3. The van der Waals surface area contributed by atoms with E-state index in [0.29, 0.717) is 11.8 Å². The zero-order chi connectivity index (χ0) is 20.1. The Bertz CT molecular complexity index is 875. The fourth-order valence-corrected chi connectivity index (χ4v) is 6.66. The molecule has 0 fully saturated rings. The second kappa shape index (κ2) is 7.41. The highest BCUT2D eigenvalue weighted by Gasteiger charge is 2.43. The minimum atomic E-state index is -0.405. The summed E-state index contributed by atoms with van der Waals surface area (Å²) in [6.45, 7) is 15.1. The molecule has 0 aromatic heterocycles. The van der Waals surface area contributed by atoms with Crippen molar-refractivity contribution in [1.82, 2.24) is 0 Å². The third kappa shape index (κ3) is 3.66. The van der Waals surface area contributed by atoms with Crippen LogP contribution in [0.4, 0.5) is 5.69 Å². The number of benzene rings is 1. The molecule has 0 spiro atoms. The molecule has 1 aromatic carbocycles. The maximum absolute atomic E-state index is 8.81. The molecule has 2 nitrogen and oxygen atoms in total. The van der Waals surface area contributed by atoms with Crippen LogP contribution in [0.5, 0.6) is 0 Å². The van der Waals surface area contributed by atoms with Crippen molar-refractivity contribution in [2.75, 3.05) is 4.90 Å². The highest BCUT2D eigenvalue weighted by atomic mass is 32.2. The Kier molecular flexibility index (Phi) is 5.68. The molecule has 2 aliphatic rings. The standard InChI is InChI=1S/C22H28N2S3/c1-12(2)10-18(23)24-17-9-8-13(3)11-16(17)19(20(25)22(24,6)7)21-26-14(4)15(5)27-21/h8-9,11-12,23H,10H2,1-7H3. The highest BCUT2D eigenvalue weighted by molar-refractivity contribution is 8.28. The van der Waals surface area contributed by atoms with Gasteiger partial charge in [-0.15, -0.1) is 0 Å². The fraction of sp³-hybridized carbons (Fsp3) is 0.455. The van der Waals surface area contributed by atoms with Gasteiger partial charge in [-0.05, 0) is 62.5 Å². The van der Waals surface area contributed by atoms with Crippen LogP contribution in [0.3, 0.4) is 0 Å². The number of fused-ring (bicyclic) bond motifs is 1. The Morgan fingerprint density at radius 3 is 2.30 bits per heavy atom. The smallest absolute Gasteiger partial charge is 0.101 e. The number of hydrogen-bond acceptors (Lipinski definition) is 4. The lowest BCUT2D eigenvalue weighted by molar-refractivity contribution is 0.636. The van der Waals surface area contributed by atoms with E-state index in [-0.39, 0.29) is 0 Å². The molecule has 0 saturated carbocycles. The van der Waals surface area contributed by atoms with Crippen LogP contribution in [-0.4, -0.2) is 16.2 Å². The molecular weight excluding hydrogens is 388 g/mol. The summed E-state index contributed by atoms with van der Waals surface area (Å²) in [5, 5.41) is 8.81. The van der Waals surface area contributed by atoms with E-state index in [2.05, 4.69) is 71.6 Å². The van der Waals surface area contributed by atoms with E-state index in [1.165, 1.54) is 30.7 Å². The minimum Gasteiger partial charge on any atom is -0.319 e. The van der Waals surface area contributed by atoms with Crippen LogP contribution < -0.4 is 4.90 Å². The number of allylic oxidation sites excluding steroid dienone is 2. The van der Waals surface area contributed by atoms with Gasteiger partial charge in [-0.25, -0.2) is 0 Å². The summed E-state index contributed by atoms with van der Waals surface area (Å²) in [7, 11) is 0. The van der Waals surface area contributed by atoms with Crippen LogP contribution >= 0.6 is 35.7 Å². The van der Waals surface area contributed by atoms with Crippen LogP contribution in [0.1, 0.15) is 59.1 Å². The Morgan fingerprint density at radius 1 is 1.15 bits per heavy atom. The van der Waals surface area contributed by atoms with Gasteiger partial charge in [0.15, 0.2) is 0 Å². The van der Waals surface area contributed by atoms with Gasteiger partial charge >= 0.3 is 0 Å². The predicted octanol–water partition coefficient (Wildman–Crippen LogP) is 7.39. The van der Waals surface area contributed by atoms with Crippen molar-refractivity contribution in [1.29, 1.82) is 5.41 Å². The van der Waals surface area contributed by atoms with Crippen molar-refractivity contribution < 1.29 is 0 Å². The van der Waals surface area contributed by atoms with Crippen molar-refractivity contribution in [3.05, 3.63) is 43.4 Å². The molecule has 0 amide bonds. The molecule has 5 heteroatoms. The van der Waals surface area contributed by atoms with Crippen LogP contribution in [0.2, 0.25) is 0 Å². The monoisotopic (exact) mass is 416 g/mol. The maximum atomic E-state index is 8.81. The molecule has 1 aromatic rings. The van der Waals surface area contributed by atoms with Crippen LogP contribution in [0.25, 0.3) is 5.57 Å². The number of nitrogens with zero attached hydrogens (tertiary/aromatic N) is 1. The fourth-order valence-electron chi connectivity index (χ4n) is 3.58. The third-order valence-electron chi connectivity index (χ3n) is 5.07. The Hall–Kier alpha value is -1.04. The average molecular weight is 417 g/mol. The summed E-state index contributed by atoms with van der Waals surface area (Å²) in [5.41, 5.74) is 4.28. The maximum Gasteiger partial charge on any atom is 0.101 e. The zero-order valence-corrected chi connectivity index (χ0v) is 19.6. The quantitative estimate of drug-likeness (QED) is 0.235. The van der Waals surface area contributed by atoms with Crippen LogP contribution in [-0.2, 0) is 0 Å². The van der Waals surface area contributed by atoms with Gasteiger partial charge < -0.3 is 4.90 Å². The molecule has 0 radical (unpaired) electrons. The van der Waals surface area contributed by atoms with E-state index in [9.17, 15) is 0 Å². The van der Waals surface area contributed by atoms with Crippen LogP contribution in [0.15, 0.2) is 32.2 Å². The first kappa shape index (κ1) is 20.7. The summed E-state index contributed by atoms with van der Waals surface area (Å²) >= 11 is 9.74. The number of aryl methyl sites for hydroxylation is 1. The first-order valence-corrected chi connectivity index (χ1v) is 11.4. The van der Waals surface area contributed by atoms with Crippen molar-refractivity contribution >= 4 is 57.7 Å². The number of nitrogens with one attached hydrogen (secondary N) is 1. The third-order valence-corrected chi connectivity index (χ3v) is 8.40. The first-order chi connectivity index (χ1) is 12.5. The highest BCUT2D eigenvalue weighted by Crippen LogP contribution is 2.55. The van der Waals surface area contributed by atoms with Gasteiger partial charge in [0.05, 0.1) is 20.3 Å². The molecule has 0 aliphatic carbocycles. The predicted molar refractivity (Wildman–Crippen MR) is 128 cm³/mol. The summed E-state index contributed by atoms with van der Waals surface area (Å²) in [6, 6.07) is 6.55. The SMILES string of the molecule is CC1=C(C)SC(=C2C(=S)C(C)(C)N(C(=N)CC(C)C)c3ccc(C)cc32)S1. The molecular formula is C22H28N2S3. The second-order valence-corrected chi connectivity index (χ2v) is 11.4. The van der Waals surface area contributed by atoms with Gasteiger partial charge in [0, 0.05) is 17.6 Å². The molecule has 0 bridgehead atoms. The molecule has 2 heterocycles. The van der Waals surface area contributed by atoms with Crippen molar-refractivity contribution in [2.45, 2.75) is 60.4 Å². The minimum absolute atomic E-state index is 0.405. The van der Waals surface area contributed by atoms with E-state index >= 15 is 0 Å². The average Bonchev–Trinajstić information content (AvgIpc) is 2.87. The van der Waals surface area contributed by atoms with E-state index in [4.69, 9.17) is 17.6 Å². The summed E-state index contributed by atoms with van der Waals surface area (Å²) in [5.74, 6) is 1.08. The van der Waals surface area contributed by atoms with Gasteiger partial charge in [0.25, 0.3) is 0 Å². The van der Waals surface area contributed by atoms with Gasteiger partial charge in [0.1, 0.15) is 5.84 Å². The lowest BCUT2D eigenvalue weighted by atomic mass is 9.82. The lowest BCUT2D eigenvalue weighted by Gasteiger charge is -2.47. The van der Waals surface area contributed by atoms with E-state index in [0.717, 1.165) is 17.0 Å². The van der Waals surface area contributed by atoms with Gasteiger partial charge in [-0.1, -0.05) is 61.2 Å². The summed E-state index contributed by atoms with van der Waals surface area (Å²) in [6.07, 6.45) is 0.745. The largest absolute Gasteiger partial charge is 0.319 e.